The Morgan fingerprint density at radius 2 is 1.74 bits per heavy atom. The highest BCUT2D eigenvalue weighted by Crippen LogP contribution is 2.14. The normalized spacial score (nSPS) is 15.2. The van der Waals surface area contributed by atoms with Crippen molar-refractivity contribution in [1.82, 2.24) is 4.90 Å². The van der Waals surface area contributed by atoms with Crippen LogP contribution in [-0.2, 0) is 9.59 Å². The molecule has 102 valence electrons. The van der Waals surface area contributed by atoms with E-state index in [0.717, 1.165) is 31.4 Å². The lowest BCUT2D eigenvalue weighted by Gasteiger charge is -2.25. The molecule has 0 aromatic heterocycles. The van der Waals surface area contributed by atoms with Gasteiger partial charge in [-0.1, -0.05) is 0 Å². The maximum absolute atomic E-state index is 13.0. The Balaban J connectivity index is 1.99. The highest BCUT2D eigenvalue weighted by atomic mass is 19.2. The largest absolute Gasteiger partial charge is 0.334 e. The molecule has 0 bridgehead atoms. The maximum atomic E-state index is 13.0. The Morgan fingerprint density at radius 1 is 1.05 bits per heavy atom. The number of carbonyl (C=O) groups excluding carboxylic acids is 2. The molecular formula is C13H14F2N2O2. The average Bonchev–Trinajstić information content (AvgIpc) is 2.43. The van der Waals surface area contributed by atoms with E-state index in [4.69, 9.17) is 0 Å². The van der Waals surface area contributed by atoms with Crippen LogP contribution in [0.4, 0.5) is 14.5 Å². The summed E-state index contributed by atoms with van der Waals surface area (Å²) in [4.78, 5) is 25.0. The Labute approximate surface area is 109 Å². The van der Waals surface area contributed by atoms with Crippen molar-refractivity contribution in [3.63, 3.8) is 0 Å². The molecule has 0 saturated carbocycles. The fourth-order valence-corrected chi connectivity index (χ4v) is 2.00. The first kappa shape index (κ1) is 13.5. The predicted octanol–water partition coefficient (Wildman–Crippen LogP) is 1.92. The fraction of sp³-hybridized carbons (Fsp3) is 0.385. The molecule has 1 heterocycles. The zero-order chi connectivity index (χ0) is 13.8. The highest BCUT2D eigenvalue weighted by Gasteiger charge is 2.23. The van der Waals surface area contributed by atoms with Crippen molar-refractivity contribution in [2.45, 2.75) is 19.3 Å². The van der Waals surface area contributed by atoms with E-state index in [1.165, 1.54) is 11.0 Å². The van der Waals surface area contributed by atoms with Crippen LogP contribution in [0.25, 0.3) is 0 Å². The molecule has 4 nitrogen and oxygen atoms in total. The highest BCUT2D eigenvalue weighted by molar-refractivity contribution is 6.39. The molecule has 0 spiro atoms. The zero-order valence-electron chi connectivity index (χ0n) is 10.3. The molecule has 1 aromatic rings. The van der Waals surface area contributed by atoms with Gasteiger partial charge in [-0.25, -0.2) is 8.78 Å². The van der Waals surface area contributed by atoms with Gasteiger partial charge >= 0.3 is 11.8 Å². The van der Waals surface area contributed by atoms with Gasteiger partial charge in [-0.3, -0.25) is 9.59 Å². The van der Waals surface area contributed by atoms with Gasteiger partial charge in [0, 0.05) is 24.8 Å². The Kier molecular flexibility index (Phi) is 4.09. The molecule has 0 unspecified atom stereocenters. The first-order valence-electron chi connectivity index (χ1n) is 6.13. The summed E-state index contributed by atoms with van der Waals surface area (Å²) in [6.45, 7) is 1.12. The van der Waals surface area contributed by atoms with Crippen LogP contribution in [0.2, 0.25) is 0 Å². The Morgan fingerprint density at radius 3 is 2.37 bits per heavy atom. The summed E-state index contributed by atoms with van der Waals surface area (Å²) in [6.07, 6.45) is 2.81. The Bertz CT molecular complexity index is 499. The van der Waals surface area contributed by atoms with Crippen molar-refractivity contribution in [3.05, 3.63) is 29.8 Å². The van der Waals surface area contributed by atoms with E-state index >= 15 is 0 Å². The van der Waals surface area contributed by atoms with Gasteiger partial charge in [0.25, 0.3) is 0 Å². The molecule has 0 atom stereocenters. The van der Waals surface area contributed by atoms with Crippen LogP contribution in [0.5, 0.6) is 0 Å². The molecule has 1 aliphatic rings. The van der Waals surface area contributed by atoms with Gasteiger partial charge < -0.3 is 10.2 Å². The number of benzene rings is 1. The van der Waals surface area contributed by atoms with Crippen molar-refractivity contribution in [2.24, 2.45) is 0 Å². The molecule has 1 aromatic carbocycles. The number of hydrogen-bond acceptors (Lipinski definition) is 2. The second-order valence-corrected chi connectivity index (χ2v) is 4.44. The van der Waals surface area contributed by atoms with E-state index in [9.17, 15) is 18.4 Å². The summed E-state index contributed by atoms with van der Waals surface area (Å²) >= 11 is 0. The van der Waals surface area contributed by atoms with Crippen LogP contribution >= 0.6 is 0 Å². The van der Waals surface area contributed by atoms with Crippen LogP contribution in [0.15, 0.2) is 18.2 Å². The van der Waals surface area contributed by atoms with Crippen molar-refractivity contribution in [2.75, 3.05) is 18.4 Å². The molecule has 19 heavy (non-hydrogen) atoms. The number of nitrogens with zero attached hydrogens (tertiary/aromatic N) is 1. The van der Waals surface area contributed by atoms with Gasteiger partial charge in [-0.15, -0.1) is 0 Å². The van der Waals surface area contributed by atoms with Crippen molar-refractivity contribution in [3.8, 4) is 0 Å². The topological polar surface area (TPSA) is 49.4 Å². The first-order chi connectivity index (χ1) is 9.08. The molecule has 2 amide bonds. The Hall–Kier alpha value is -1.98. The smallest absolute Gasteiger partial charge is 0.313 e. The lowest BCUT2D eigenvalue weighted by Crippen LogP contribution is -2.42. The molecular weight excluding hydrogens is 254 g/mol. The van der Waals surface area contributed by atoms with Gasteiger partial charge in [-0.05, 0) is 31.4 Å². The number of nitrogens with one attached hydrogen (secondary N) is 1. The SMILES string of the molecule is O=C(Nc1ccc(F)c(F)c1)C(=O)N1CCCCC1. The van der Waals surface area contributed by atoms with Crippen LogP contribution in [-0.4, -0.2) is 29.8 Å². The first-order valence-corrected chi connectivity index (χ1v) is 6.13. The second kappa shape index (κ2) is 5.77. The molecule has 1 aliphatic heterocycles. The number of amides is 2. The number of anilines is 1. The van der Waals surface area contributed by atoms with Crippen molar-refractivity contribution < 1.29 is 18.4 Å². The summed E-state index contributed by atoms with van der Waals surface area (Å²) in [7, 11) is 0. The standard InChI is InChI=1S/C13H14F2N2O2/c14-10-5-4-9(8-11(10)15)16-12(18)13(19)17-6-2-1-3-7-17/h4-5,8H,1-3,6-7H2,(H,16,18). The fourth-order valence-electron chi connectivity index (χ4n) is 2.00. The van der Waals surface area contributed by atoms with Crippen molar-refractivity contribution in [1.29, 1.82) is 0 Å². The van der Waals surface area contributed by atoms with Crippen LogP contribution in [0, 0.1) is 11.6 Å². The summed E-state index contributed by atoms with van der Waals surface area (Å²) in [5.74, 6) is -3.53. The summed E-state index contributed by atoms with van der Waals surface area (Å²) < 4.78 is 25.7. The minimum absolute atomic E-state index is 0.0641. The number of hydrogen-bond donors (Lipinski definition) is 1. The van der Waals surface area contributed by atoms with E-state index < -0.39 is 23.4 Å². The number of carbonyl (C=O) groups is 2. The molecule has 1 N–H and O–H groups in total. The van der Waals surface area contributed by atoms with Gasteiger partial charge in [0.2, 0.25) is 0 Å². The summed E-state index contributed by atoms with van der Waals surface area (Å²) in [6, 6.07) is 2.95. The van der Waals surface area contributed by atoms with Gasteiger partial charge in [0.15, 0.2) is 11.6 Å². The van der Waals surface area contributed by atoms with E-state index in [2.05, 4.69) is 5.32 Å². The zero-order valence-corrected chi connectivity index (χ0v) is 10.3. The van der Waals surface area contributed by atoms with Gasteiger partial charge in [-0.2, -0.15) is 0 Å². The number of likely N-dealkylation sites (tertiary alicyclic amines) is 1. The monoisotopic (exact) mass is 268 g/mol. The third-order valence-electron chi connectivity index (χ3n) is 3.01. The molecule has 2 rings (SSSR count). The van der Waals surface area contributed by atoms with Crippen LogP contribution in [0.1, 0.15) is 19.3 Å². The molecule has 1 fully saturated rings. The summed E-state index contributed by atoms with van der Waals surface area (Å²) in [5, 5.41) is 2.27. The lowest BCUT2D eigenvalue weighted by atomic mass is 10.1. The maximum Gasteiger partial charge on any atom is 0.313 e. The third kappa shape index (κ3) is 3.27. The average molecular weight is 268 g/mol. The van der Waals surface area contributed by atoms with E-state index in [1.54, 1.807) is 0 Å². The van der Waals surface area contributed by atoms with Crippen LogP contribution in [0.3, 0.4) is 0 Å². The summed E-state index contributed by atoms with van der Waals surface area (Å²) in [5.41, 5.74) is 0.0641. The molecule has 1 saturated heterocycles. The minimum Gasteiger partial charge on any atom is -0.334 e. The van der Waals surface area contributed by atoms with E-state index in [0.29, 0.717) is 13.1 Å². The number of rotatable bonds is 1. The molecule has 0 aliphatic carbocycles. The van der Waals surface area contributed by atoms with E-state index in [1.807, 2.05) is 0 Å². The predicted molar refractivity (Wildman–Crippen MR) is 65.4 cm³/mol. The second-order valence-electron chi connectivity index (χ2n) is 4.44. The minimum atomic E-state index is -1.07. The van der Waals surface area contributed by atoms with Gasteiger partial charge in [0.1, 0.15) is 0 Å². The number of halogens is 2. The van der Waals surface area contributed by atoms with Crippen molar-refractivity contribution >= 4 is 17.5 Å². The lowest BCUT2D eigenvalue weighted by molar-refractivity contribution is -0.143. The molecule has 0 radical (unpaired) electrons. The van der Waals surface area contributed by atoms with Gasteiger partial charge in [0.05, 0.1) is 0 Å². The molecule has 6 heteroatoms. The third-order valence-corrected chi connectivity index (χ3v) is 3.01. The van der Waals surface area contributed by atoms with Crippen LogP contribution < -0.4 is 5.32 Å². The number of piperidine rings is 1. The van der Waals surface area contributed by atoms with E-state index in [-0.39, 0.29) is 5.69 Å². The quantitative estimate of drug-likeness (QED) is 0.791.